The standard InChI is InChI=1S/C21H20N4OS2/c1-24-18(21(26)23-16-10-4-5-11-22-16)17(25-12-6-7-13-25)20-19(28-24)14-8-2-3-9-15(14)27-20/h2-5,8-11H,6-7,12-13H2,1H3,(H,22,23,26). The van der Waals surface area contributed by atoms with E-state index >= 15 is 0 Å². The highest BCUT2D eigenvalue weighted by Gasteiger charge is 2.35. The van der Waals surface area contributed by atoms with Gasteiger partial charge in [-0.1, -0.05) is 24.3 Å². The number of fused-ring (bicyclic) bond motifs is 3. The Balaban J connectivity index is 1.65. The first-order valence-corrected chi connectivity index (χ1v) is 11.0. The molecule has 1 amide bonds. The Bertz CT molecular complexity index is 1070. The van der Waals surface area contributed by atoms with Crippen molar-refractivity contribution in [3.63, 3.8) is 0 Å². The number of amides is 1. The molecule has 5 nitrogen and oxygen atoms in total. The van der Waals surface area contributed by atoms with Gasteiger partial charge in [-0.05, 0) is 43.0 Å². The maximum atomic E-state index is 13.3. The lowest BCUT2D eigenvalue weighted by atomic mass is 10.2. The van der Waals surface area contributed by atoms with Gasteiger partial charge in [-0.25, -0.2) is 4.98 Å². The highest BCUT2D eigenvalue weighted by atomic mass is 32.2. The van der Waals surface area contributed by atoms with Crippen LogP contribution in [0.15, 0.2) is 59.3 Å². The van der Waals surface area contributed by atoms with E-state index in [1.807, 2.05) is 29.6 Å². The quantitative estimate of drug-likeness (QED) is 0.639. The van der Waals surface area contributed by atoms with Gasteiger partial charge in [-0.3, -0.25) is 4.79 Å². The lowest BCUT2D eigenvalue weighted by Gasteiger charge is -2.33. The number of carbonyl (C=O) groups excluding carboxylic acids is 1. The molecule has 0 radical (unpaired) electrons. The molecule has 0 aliphatic carbocycles. The predicted octanol–water partition coefficient (Wildman–Crippen LogP) is 4.65. The van der Waals surface area contributed by atoms with Crippen molar-refractivity contribution >= 4 is 50.8 Å². The van der Waals surface area contributed by atoms with Crippen LogP contribution >= 0.6 is 23.3 Å². The van der Waals surface area contributed by atoms with Crippen LogP contribution in [0, 0.1) is 0 Å². The van der Waals surface area contributed by atoms with Gasteiger partial charge >= 0.3 is 0 Å². The normalized spacial score (nSPS) is 16.6. The molecule has 4 heterocycles. The average molecular weight is 409 g/mol. The largest absolute Gasteiger partial charge is 0.368 e. The molecule has 28 heavy (non-hydrogen) atoms. The van der Waals surface area contributed by atoms with Crippen LogP contribution in [0.25, 0.3) is 15.8 Å². The minimum atomic E-state index is -0.112. The molecule has 2 aliphatic heterocycles. The molecule has 5 rings (SSSR count). The van der Waals surface area contributed by atoms with Crippen LogP contribution in [0.4, 0.5) is 5.82 Å². The van der Waals surface area contributed by atoms with E-state index in [0.717, 1.165) is 31.6 Å². The second kappa shape index (κ2) is 7.14. The molecule has 0 unspecified atom stereocenters. The van der Waals surface area contributed by atoms with Crippen molar-refractivity contribution in [2.45, 2.75) is 17.7 Å². The van der Waals surface area contributed by atoms with E-state index in [1.165, 1.54) is 19.9 Å². The van der Waals surface area contributed by atoms with Crippen LogP contribution in [0.2, 0.25) is 0 Å². The molecule has 1 N–H and O–H groups in total. The van der Waals surface area contributed by atoms with Crippen LogP contribution in [0.3, 0.4) is 0 Å². The topological polar surface area (TPSA) is 48.5 Å². The van der Waals surface area contributed by atoms with Crippen molar-refractivity contribution in [1.82, 2.24) is 14.2 Å². The predicted molar refractivity (Wildman–Crippen MR) is 116 cm³/mol. The Labute approximate surface area is 172 Å². The Morgan fingerprint density at radius 2 is 1.89 bits per heavy atom. The summed E-state index contributed by atoms with van der Waals surface area (Å²) in [5.74, 6) is 0.458. The van der Waals surface area contributed by atoms with Gasteiger partial charge in [0.15, 0.2) is 0 Å². The van der Waals surface area contributed by atoms with Gasteiger partial charge in [0.25, 0.3) is 5.91 Å². The van der Waals surface area contributed by atoms with E-state index < -0.39 is 0 Å². The summed E-state index contributed by atoms with van der Waals surface area (Å²) in [6.07, 6.45) is 4.01. The lowest BCUT2D eigenvalue weighted by molar-refractivity contribution is -0.113. The minimum absolute atomic E-state index is 0.112. The summed E-state index contributed by atoms with van der Waals surface area (Å²) < 4.78 is 3.27. The van der Waals surface area contributed by atoms with Crippen molar-refractivity contribution in [3.8, 4) is 0 Å². The summed E-state index contributed by atoms with van der Waals surface area (Å²) in [7, 11) is 1.98. The Morgan fingerprint density at radius 1 is 1.11 bits per heavy atom. The zero-order valence-corrected chi connectivity index (χ0v) is 17.1. The van der Waals surface area contributed by atoms with Crippen LogP contribution < -0.4 is 5.32 Å². The Kier molecular flexibility index (Phi) is 4.49. The van der Waals surface area contributed by atoms with E-state index in [4.69, 9.17) is 0 Å². The van der Waals surface area contributed by atoms with Crippen LogP contribution in [0.5, 0.6) is 0 Å². The van der Waals surface area contributed by atoms with Gasteiger partial charge in [-0.2, -0.15) is 0 Å². The molecular formula is C21H20N4OS2. The number of hydrogen-bond donors (Lipinski definition) is 1. The van der Waals surface area contributed by atoms with Crippen LogP contribution in [-0.2, 0) is 4.79 Å². The molecule has 1 saturated heterocycles. The molecule has 0 atom stereocenters. The lowest BCUT2D eigenvalue weighted by Crippen LogP contribution is -2.32. The molecule has 3 aromatic rings. The maximum Gasteiger partial charge on any atom is 0.276 e. The molecule has 142 valence electrons. The second-order valence-electron chi connectivity index (χ2n) is 6.91. The van der Waals surface area contributed by atoms with E-state index in [-0.39, 0.29) is 5.91 Å². The Hall–Kier alpha value is -2.51. The minimum Gasteiger partial charge on any atom is -0.368 e. The van der Waals surface area contributed by atoms with E-state index in [2.05, 4.69) is 39.5 Å². The van der Waals surface area contributed by atoms with Gasteiger partial charge in [0.2, 0.25) is 0 Å². The number of nitrogens with one attached hydrogen (secondary N) is 1. The summed E-state index contributed by atoms with van der Waals surface area (Å²) in [5, 5.41) is 4.24. The number of hydrogen-bond acceptors (Lipinski definition) is 6. The van der Waals surface area contributed by atoms with Crippen molar-refractivity contribution in [2.24, 2.45) is 0 Å². The van der Waals surface area contributed by atoms with Gasteiger partial charge < -0.3 is 14.5 Å². The number of thiophene rings is 1. The third-order valence-corrected chi connectivity index (χ3v) is 7.45. The molecule has 2 aliphatic rings. The highest BCUT2D eigenvalue weighted by molar-refractivity contribution is 7.97. The van der Waals surface area contributed by atoms with E-state index in [0.29, 0.717) is 11.5 Å². The van der Waals surface area contributed by atoms with Crippen LogP contribution in [-0.4, -0.2) is 40.2 Å². The first-order chi connectivity index (χ1) is 13.7. The summed E-state index contributed by atoms with van der Waals surface area (Å²) in [6, 6.07) is 14.0. The number of likely N-dealkylation sites (tertiary alicyclic amines) is 1. The van der Waals surface area contributed by atoms with Gasteiger partial charge in [0.1, 0.15) is 11.5 Å². The third-order valence-electron chi connectivity index (χ3n) is 5.08. The third kappa shape index (κ3) is 2.95. The first-order valence-electron chi connectivity index (χ1n) is 9.37. The number of benzene rings is 1. The number of aromatic nitrogens is 1. The SMILES string of the molecule is CN1Sc2c(sc3ccccc23)C(N2CCCC2)=C1C(=O)Nc1ccccn1. The highest BCUT2D eigenvalue weighted by Crippen LogP contribution is 2.49. The molecule has 0 spiro atoms. The van der Waals surface area contributed by atoms with Gasteiger partial charge in [0.05, 0.1) is 15.5 Å². The molecule has 1 aromatic carbocycles. The monoisotopic (exact) mass is 408 g/mol. The van der Waals surface area contributed by atoms with E-state index in [9.17, 15) is 4.79 Å². The van der Waals surface area contributed by atoms with Gasteiger partial charge in [0, 0.05) is 36.4 Å². The van der Waals surface area contributed by atoms with Crippen molar-refractivity contribution in [1.29, 1.82) is 0 Å². The van der Waals surface area contributed by atoms with Crippen LogP contribution in [0.1, 0.15) is 17.7 Å². The smallest absolute Gasteiger partial charge is 0.276 e. The number of carbonyl (C=O) groups is 1. The zero-order valence-electron chi connectivity index (χ0n) is 15.5. The van der Waals surface area contributed by atoms with Gasteiger partial charge in [-0.15, -0.1) is 11.3 Å². The average Bonchev–Trinajstić information content (AvgIpc) is 3.36. The molecule has 0 saturated carbocycles. The van der Waals surface area contributed by atoms with Crippen molar-refractivity contribution in [3.05, 3.63) is 59.2 Å². The summed E-state index contributed by atoms with van der Waals surface area (Å²) in [4.78, 5) is 22.4. The number of likely N-dealkylation sites (N-methyl/N-ethyl adjacent to an activating group) is 1. The van der Waals surface area contributed by atoms with Crippen molar-refractivity contribution < 1.29 is 4.79 Å². The second-order valence-corrected chi connectivity index (χ2v) is 9.10. The number of rotatable bonds is 3. The summed E-state index contributed by atoms with van der Waals surface area (Å²) >= 11 is 3.42. The number of pyridine rings is 1. The number of anilines is 1. The molecule has 7 heteroatoms. The zero-order chi connectivity index (χ0) is 19.1. The fraction of sp³-hybridized carbons (Fsp3) is 0.238. The molecule has 1 fully saturated rings. The fourth-order valence-corrected chi connectivity index (χ4v) is 6.27. The van der Waals surface area contributed by atoms with Crippen molar-refractivity contribution in [2.75, 3.05) is 25.5 Å². The fourth-order valence-electron chi connectivity index (χ4n) is 3.80. The maximum absolute atomic E-state index is 13.3. The molecule has 0 bridgehead atoms. The number of nitrogens with zero attached hydrogens (tertiary/aromatic N) is 3. The first kappa shape index (κ1) is 17.6. The van der Waals surface area contributed by atoms with E-state index in [1.54, 1.807) is 29.5 Å². The summed E-state index contributed by atoms with van der Waals surface area (Å²) in [5.41, 5.74) is 1.76. The molecular weight excluding hydrogens is 388 g/mol. The summed E-state index contributed by atoms with van der Waals surface area (Å²) in [6.45, 7) is 1.98. The molecule has 2 aromatic heterocycles. The Morgan fingerprint density at radius 3 is 2.68 bits per heavy atom.